The van der Waals surface area contributed by atoms with Crippen molar-refractivity contribution < 1.29 is 28.6 Å². The van der Waals surface area contributed by atoms with E-state index in [1.54, 1.807) is 29.2 Å². The van der Waals surface area contributed by atoms with Crippen LogP contribution in [0, 0.1) is 0 Å². The van der Waals surface area contributed by atoms with Gasteiger partial charge in [0.1, 0.15) is 18.0 Å². The van der Waals surface area contributed by atoms with E-state index in [4.69, 9.17) is 14.2 Å². The molecule has 0 aromatic heterocycles. The highest BCUT2D eigenvalue weighted by Crippen LogP contribution is 2.16. The van der Waals surface area contributed by atoms with Gasteiger partial charge in [0.15, 0.2) is 0 Å². The Kier molecular flexibility index (Phi) is 7.35. The predicted octanol–water partition coefficient (Wildman–Crippen LogP) is 4.10. The number of ether oxygens (including phenoxy) is 3. The third kappa shape index (κ3) is 6.73. The summed E-state index contributed by atoms with van der Waals surface area (Å²) in [5.74, 6) is -0.130. The van der Waals surface area contributed by atoms with Gasteiger partial charge in [0, 0.05) is 26.2 Å². The number of esters is 1. The fourth-order valence-corrected chi connectivity index (χ4v) is 3.03. The van der Waals surface area contributed by atoms with Crippen LogP contribution in [-0.4, -0.2) is 59.7 Å². The maximum absolute atomic E-state index is 12.4. The van der Waals surface area contributed by atoms with Gasteiger partial charge in [-0.3, -0.25) is 0 Å². The molecule has 0 unspecified atom stereocenters. The summed E-state index contributed by atoms with van der Waals surface area (Å²) < 4.78 is 16.0. The van der Waals surface area contributed by atoms with Crippen molar-refractivity contribution in [3.63, 3.8) is 0 Å². The largest absolute Gasteiger partial charge is 0.457 e. The molecule has 2 aromatic carbocycles. The molecule has 0 bridgehead atoms. The van der Waals surface area contributed by atoms with Crippen LogP contribution in [-0.2, 0) is 16.1 Å². The van der Waals surface area contributed by atoms with Crippen molar-refractivity contribution in [1.82, 2.24) is 9.80 Å². The van der Waals surface area contributed by atoms with Gasteiger partial charge in [-0.05, 0) is 50.6 Å². The van der Waals surface area contributed by atoms with Gasteiger partial charge < -0.3 is 24.0 Å². The Morgan fingerprint density at radius 2 is 1.38 bits per heavy atom. The molecule has 1 aliphatic heterocycles. The van der Waals surface area contributed by atoms with Gasteiger partial charge in [-0.25, -0.2) is 14.4 Å². The maximum Gasteiger partial charge on any atom is 0.415 e. The first-order valence-electron chi connectivity index (χ1n) is 10.5. The first kappa shape index (κ1) is 23.1. The number of carbonyl (C=O) groups is 3. The summed E-state index contributed by atoms with van der Waals surface area (Å²) in [7, 11) is 0. The van der Waals surface area contributed by atoms with E-state index in [0.29, 0.717) is 37.5 Å². The van der Waals surface area contributed by atoms with Crippen LogP contribution in [0.15, 0.2) is 54.6 Å². The molecule has 1 saturated heterocycles. The van der Waals surface area contributed by atoms with Gasteiger partial charge in [0.2, 0.25) is 0 Å². The summed E-state index contributed by atoms with van der Waals surface area (Å²) in [6, 6.07) is 15.6. The van der Waals surface area contributed by atoms with E-state index in [-0.39, 0.29) is 12.7 Å². The smallest absolute Gasteiger partial charge is 0.415 e. The minimum absolute atomic E-state index is 0.186. The van der Waals surface area contributed by atoms with E-state index in [9.17, 15) is 14.4 Å². The average molecular weight is 440 g/mol. The lowest BCUT2D eigenvalue weighted by molar-refractivity contribution is 0.0154. The molecule has 0 saturated carbocycles. The third-order valence-corrected chi connectivity index (χ3v) is 4.70. The van der Waals surface area contributed by atoms with Gasteiger partial charge >= 0.3 is 18.2 Å². The first-order valence-corrected chi connectivity index (χ1v) is 10.5. The van der Waals surface area contributed by atoms with Crippen molar-refractivity contribution in [3.05, 3.63) is 65.7 Å². The molecule has 0 spiro atoms. The van der Waals surface area contributed by atoms with Crippen LogP contribution in [0.1, 0.15) is 36.7 Å². The zero-order valence-corrected chi connectivity index (χ0v) is 18.6. The van der Waals surface area contributed by atoms with Gasteiger partial charge in [-0.1, -0.05) is 30.3 Å². The molecule has 8 heteroatoms. The molecule has 0 radical (unpaired) electrons. The molecule has 170 valence electrons. The van der Waals surface area contributed by atoms with Gasteiger partial charge in [-0.15, -0.1) is 0 Å². The predicted molar refractivity (Wildman–Crippen MR) is 117 cm³/mol. The minimum atomic E-state index is -0.562. The monoisotopic (exact) mass is 440 g/mol. The molecule has 0 atom stereocenters. The third-order valence-electron chi connectivity index (χ3n) is 4.70. The zero-order chi connectivity index (χ0) is 23.1. The maximum atomic E-state index is 12.4. The summed E-state index contributed by atoms with van der Waals surface area (Å²) in [5.41, 5.74) is 0.706. The topological polar surface area (TPSA) is 85.4 Å². The van der Waals surface area contributed by atoms with E-state index in [1.165, 1.54) is 4.90 Å². The van der Waals surface area contributed by atoms with E-state index < -0.39 is 17.7 Å². The van der Waals surface area contributed by atoms with Crippen molar-refractivity contribution in [2.24, 2.45) is 0 Å². The Balaban J connectivity index is 1.45. The number of hydrogen-bond acceptors (Lipinski definition) is 6. The van der Waals surface area contributed by atoms with E-state index in [0.717, 1.165) is 5.56 Å². The summed E-state index contributed by atoms with van der Waals surface area (Å²) in [5, 5.41) is 0. The Morgan fingerprint density at radius 1 is 0.812 bits per heavy atom. The van der Waals surface area contributed by atoms with Crippen LogP contribution in [0.3, 0.4) is 0 Å². The van der Waals surface area contributed by atoms with Crippen LogP contribution >= 0.6 is 0 Å². The van der Waals surface area contributed by atoms with Crippen molar-refractivity contribution in [3.8, 4) is 5.75 Å². The van der Waals surface area contributed by atoms with Gasteiger partial charge in [-0.2, -0.15) is 0 Å². The number of hydrogen-bond donors (Lipinski definition) is 0. The Labute approximate surface area is 187 Å². The van der Waals surface area contributed by atoms with Crippen LogP contribution < -0.4 is 4.74 Å². The Hall–Kier alpha value is -3.55. The molecule has 2 aromatic rings. The van der Waals surface area contributed by atoms with Crippen molar-refractivity contribution >= 4 is 18.2 Å². The van der Waals surface area contributed by atoms with Gasteiger partial charge in [0.05, 0.1) is 5.56 Å². The van der Waals surface area contributed by atoms with Crippen LogP contribution in [0.2, 0.25) is 0 Å². The molecule has 1 heterocycles. The summed E-state index contributed by atoms with van der Waals surface area (Å²) in [4.78, 5) is 39.9. The molecule has 1 fully saturated rings. The summed E-state index contributed by atoms with van der Waals surface area (Å²) in [6.07, 6.45) is -0.895. The number of carbonyl (C=O) groups excluding carboxylic acids is 3. The number of piperazine rings is 1. The number of rotatable bonds is 4. The fraction of sp³-hybridized carbons (Fsp3) is 0.375. The zero-order valence-electron chi connectivity index (χ0n) is 18.6. The molecular formula is C24H28N2O6. The second kappa shape index (κ2) is 10.2. The first-order chi connectivity index (χ1) is 15.2. The normalized spacial score (nSPS) is 14.0. The second-order valence-corrected chi connectivity index (χ2v) is 8.41. The highest BCUT2D eigenvalue weighted by atomic mass is 16.6. The molecule has 0 N–H and O–H groups in total. The lowest BCUT2D eigenvalue weighted by Crippen LogP contribution is -2.52. The van der Waals surface area contributed by atoms with Crippen LogP contribution in [0.5, 0.6) is 5.75 Å². The van der Waals surface area contributed by atoms with Crippen molar-refractivity contribution in [1.29, 1.82) is 0 Å². The number of nitrogens with zero attached hydrogens (tertiary/aromatic N) is 2. The molecule has 1 aliphatic rings. The van der Waals surface area contributed by atoms with E-state index >= 15 is 0 Å². The van der Waals surface area contributed by atoms with Crippen LogP contribution in [0.25, 0.3) is 0 Å². The molecule has 0 aliphatic carbocycles. The fourth-order valence-electron chi connectivity index (χ4n) is 3.03. The minimum Gasteiger partial charge on any atom is -0.457 e. The molecule has 32 heavy (non-hydrogen) atoms. The SMILES string of the molecule is CC(C)(C)OC(=O)N1CCN(C(=O)Oc2ccc(C(=O)OCc3ccccc3)cc2)CC1. The second-order valence-electron chi connectivity index (χ2n) is 8.41. The van der Waals surface area contributed by atoms with Crippen molar-refractivity contribution in [2.75, 3.05) is 26.2 Å². The lowest BCUT2D eigenvalue weighted by Gasteiger charge is -2.34. The highest BCUT2D eigenvalue weighted by Gasteiger charge is 2.28. The van der Waals surface area contributed by atoms with Crippen molar-refractivity contribution in [2.45, 2.75) is 33.0 Å². The van der Waals surface area contributed by atoms with Crippen LogP contribution in [0.4, 0.5) is 9.59 Å². The molecule has 8 nitrogen and oxygen atoms in total. The highest BCUT2D eigenvalue weighted by molar-refractivity contribution is 5.89. The Morgan fingerprint density at radius 3 is 1.94 bits per heavy atom. The summed E-state index contributed by atoms with van der Waals surface area (Å²) >= 11 is 0. The molecule has 2 amide bonds. The average Bonchev–Trinajstić information content (AvgIpc) is 2.77. The lowest BCUT2D eigenvalue weighted by atomic mass is 10.2. The quantitative estimate of drug-likeness (QED) is 0.666. The number of amides is 2. The number of benzene rings is 2. The van der Waals surface area contributed by atoms with Gasteiger partial charge in [0.25, 0.3) is 0 Å². The summed E-state index contributed by atoms with van der Waals surface area (Å²) in [6.45, 7) is 7.06. The molecule has 3 rings (SSSR count). The molecular weight excluding hydrogens is 412 g/mol. The Bertz CT molecular complexity index is 929. The van der Waals surface area contributed by atoms with E-state index in [2.05, 4.69) is 0 Å². The van der Waals surface area contributed by atoms with E-state index in [1.807, 2.05) is 51.1 Å². The standard InChI is InChI=1S/C24H28N2O6/c1-24(2,3)32-23(29)26-15-13-25(14-16-26)22(28)31-20-11-9-19(10-12-20)21(27)30-17-18-7-5-4-6-8-18/h4-12H,13-17H2,1-3H3.